The minimum absolute atomic E-state index is 0.0725. The number of amides is 1. The number of carbonyl (C=O) groups is 1. The highest BCUT2D eigenvalue weighted by Crippen LogP contribution is 2.15. The first-order valence-corrected chi connectivity index (χ1v) is 8.57. The molecule has 5 heteroatoms. The van der Waals surface area contributed by atoms with Gasteiger partial charge in [0, 0.05) is 45.0 Å². The molecule has 1 aromatic carbocycles. The SMILES string of the molecule is O=C(NCCN1CCOCC1)C(Cc1ccccc1)n1cccc1. The molecule has 1 atom stereocenters. The molecule has 2 heterocycles. The summed E-state index contributed by atoms with van der Waals surface area (Å²) in [7, 11) is 0. The zero-order valence-electron chi connectivity index (χ0n) is 13.9. The first-order chi connectivity index (χ1) is 11.8. The fourth-order valence-electron chi connectivity index (χ4n) is 3.01. The average Bonchev–Trinajstić information content (AvgIpc) is 3.16. The zero-order chi connectivity index (χ0) is 16.6. The van der Waals surface area contributed by atoms with Gasteiger partial charge in [-0.1, -0.05) is 30.3 Å². The Hall–Kier alpha value is -2.11. The topological polar surface area (TPSA) is 46.5 Å². The number of morpholine rings is 1. The van der Waals surface area contributed by atoms with Crippen molar-refractivity contribution in [2.75, 3.05) is 39.4 Å². The van der Waals surface area contributed by atoms with E-state index in [1.165, 1.54) is 5.56 Å². The predicted octanol–water partition coefficient (Wildman–Crippen LogP) is 1.72. The molecule has 2 aromatic rings. The van der Waals surface area contributed by atoms with Crippen molar-refractivity contribution in [3.63, 3.8) is 0 Å². The number of aromatic nitrogens is 1. The molecular formula is C19H25N3O2. The summed E-state index contributed by atoms with van der Waals surface area (Å²) in [4.78, 5) is 15.0. The Labute approximate surface area is 143 Å². The minimum Gasteiger partial charge on any atom is -0.379 e. The van der Waals surface area contributed by atoms with Crippen molar-refractivity contribution in [2.24, 2.45) is 0 Å². The number of hydrogen-bond donors (Lipinski definition) is 1. The van der Waals surface area contributed by atoms with Gasteiger partial charge in [0.05, 0.1) is 13.2 Å². The van der Waals surface area contributed by atoms with Crippen LogP contribution in [0.3, 0.4) is 0 Å². The van der Waals surface area contributed by atoms with Crippen LogP contribution in [0.4, 0.5) is 0 Å². The third-order valence-corrected chi connectivity index (χ3v) is 4.39. The van der Waals surface area contributed by atoms with Gasteiger partial charge in [0.25, 0.3) is 0 Å². The molecule has 1 N–H and O–H groups in total. The second kappa shape index (κ2) is 8.66. The molecule has 1 amide bonds. The molecular weight excluding hydrogens is 302 g/mol. The van der Waals surface area contributed by atoms with Crippen molar-refractivity contribution < 1.29 is 9.53 Å². The smallest absolute Gasteiger partial charge is 0.243 e. The number of ether oxygens (including phenoxy) is 1. The molecule has 0 saturated carbocycles. The largest absolute Gasteiger partial charge is 0.379 e. The quantitative estimate of drug-likeness (QED) is 0.842. The summed E-state index contributed by atoms with van der Waals surface area (Å²) < 4.78 is 7.33. The van der Waals surface area contributed by atoms with Gasteiger partial charge >= 0.3 is 0 Å². The zero-order valence-corrected chi connectivity index (χ0v) is 13.9. The van der Waals surface area contributed by atoms with Crippen LogP contribution in [0.2, 0.25) is 0 Å². The molecule has 3 rings (SSSR count). The van der Waals surface area contributed by atoms with Gasteiger partial charge in [0.15, 0.2) is 0 Å². The first-order valence-electron chi connectivity index (χ1n) is 8.57. The van der Waals surface area contributed by atoms with Crippen LogP contribution in [0.1, 0.15) is 11.6 Å². The minimum atomic E-state index is -0.216. The van der Waals surface area contributed by atoms with E-state index in [-0.39, 0.29) is 11.9 Å². The number of rotatable bonds is 7. The molecule has 1 saturated heterocycles. The van der Waals surface area contributed by atoms with E-state index in [0.717, 1.165) is 32.8 Å². The van der Waals surface area contributed by atoms with E-state index < -0.39 is 0 Å². The van der Waals surface area contributed by atoms with Crippen molar-refractivity contribution in [1.82, 2.24) is 14.8 Å². The van der Waals surface area contributed by atoms with Crippen LogP contribution in [0.15, 0.2) is 54.9 Å². The van der Waals surface area contributed by atoms with Crippen LogP contribution in [0.25, 0.3) is 0 Å². The van der Waals surface area contributed by atoms with Crippen LogP contribution < -0.4 is 5.32 Å². The van der Waals surface area contributed by atoms with Crippen LogP contribution in [-0.4, -0.2) is 54.8 Å². The fraction of sp³-hybridized carbons (Fsp3) is 0.421. The highest BCUT2D eigenvalue weighted by molar-refractivity contribution is 5.80. The summed E-state index contributed by atoms with van der Waals surface area (Å²) in [5, 5.41) is 3.10. The predicted molar refractivity (Wildman–Crippen MR) is 93.9 cm³/mol. The molecule has 5 nitrogen and oxygen atoms in total. The maximum atomic E-state index is 12.7. The van der Waals surface area contributed by atoms with Gasteiger partial charge in [-0.05, 0) is 17.7 Å². The maximum absolute atomic E-state index is 12.7. The lowest BCUT2D eigenvalue weighted by molar-refractivity contribution is -0.124. The van der Waals surface area contributed by atoms with Gasteiger partial charge in [-0.2, -0.15) is 0 Å². The summed E-state index contributed by atoms with van der Waals surface area (Å²) in [5.74, 6) is 0.0725. The average molecular weight is 327 g/mol. The lowest BCUT2D eigenvalue weighted by atomic mass is 10.1. The summed E-state index contributed by atoms with van der Waals surface area (Å²) >= 11 is 0. The van der Waals surface area contributed by atoms with Crippen LogP contribution >= 0.6 is 0 Å². The summed E-state index contributed by atoms with van der Waals surface area (Å²) in [6.07, 6.45) is 4.60. The van der Waals surface area contributed by atoms with Gasteiger partial charge in [0.2, 0.25) is 5.91 Å². The molecule has 0 bridgehead atoms. The van der Waals surface area contributed by atoms with Crippen LogP contribution in [0, 0.1) is 0 Å². The van der Waals surface area contributed by atoms with Gasteiger partial charge in [-0.25, -0.2) is 0 Å². The Morgan fingerprint density at radius 3 is 2.50 bits per heavy atom. The number of benzene rings is 1. The van der Waals surface area contributed by atoms with E-state index in [1.807, 2.05) is 47.3 Å². The fourth-order valence-corrected chi connectivity index (χ4v) is 3.01. The van der Waals surface area contributed by atoms with Gasteiger partial charge < -0.3 is 14.6 Å². The van der Waals surface area contributed by atoms with E-state index in [4.69, 9.17) is 4.74 Å². The molecule has 0 spiro atoms. The lowest BCUT2D eigenvalue weighted by Crippen LogP contribution is -2.42. The molecule has 1 unspecified atom stereocenters. The van der Waals surface area contributed by atoms with Gasteiger partial charge in [0.1, 0.15) is 6.04 Å². The second-order valence-electron chi connectivity index (χ2n) is 6.08. The Kier molecular flexibility index (Phi) is 6.04. The van der Waals surface area contributed by atoms with Crippen LogP contribution in [0.5, 0.6) is 0 Å². The summed E-state index contributed by atoms with van der Waals surface area (Å²) in [6, 6.07) is 13.9. The molecule has 1 aromatic heterocycles. The molecule has 1 aliphatic heterocycles. The highest BCUT2D eigenvalue weighted by atomic mass is 16.5. The normalized spacial score (nSPS) is 16.7. The third kappa shape index (κ3) is 4.69. The lowest BCUT2D eigenvalue weighted by Gasteiger charge is -2.27. The molecule has 0 aliphatic carbocycles. The molecule has 24 heavy (non-hydrogen) atoms. The van der Waals surface area contributed by atoms with Gasteiger partial charge in [-0.15, -0.1) is 0 Å². The van der Waals surface area contributed by atoms with Crippen LogP contribution in [-0.2, 0) is 16.0 Å². The maximum Gasteiger partial charge on any atom is 0.243 e. The van der Waals surface area contributed by atoms with Crippen molar-refractivity contribution >= 4 is 5.91 Å². The van der Waals surface area contributed by atoms with E-state index in [0.29, 0.717) is 13.0 Å². The molecule has 1 aliphatic rings. The summed E-state index contributed by atoms with van der Waals surface area (Å²) in [5.41, 5.74) is 1.17. The molecule has 0 radical (unpaired) electrons. The van der Waals surface area contributed by atoms with E-state index in [2.05, 4.69) is 22.3 Å². The highest BCUT2D eigenvalue weighted by Gasteiger charge is 2.20. The number of hydrogen-bond acceptors (Lipinski definition) is 3. The van der Waals surface area contributed by atoms with E-state index in [1.54, 1.807) is 0 Å². The summed E-state index contributed by atoms with van der Waals surface area (Å²) in [6.45, 7) is 5.01. The Bertz CT molecular complexity index is 607. The molecule has 128 valence electrons. The third-order valence-electron chi connectivity index (χ3n) is 4.39. The Balaban J connectivity index is 1.57. The number of nitrogens with one attached hydrogen (secondary N) is 1. The van der Waals surface area contributed by atoms with E-state index >= 15 is 0 Å². The monoisotopic (exact) mass is 327 g/mol. The van der Waals surface area contributed by atoms with Crippen molar-refractivity contribution in [1.29, 1.82) is 0 Å². The number of carbonyl (C=O) groups excluding carboxylic acids is 1. The van der Waals surface area contributed by atoms with Gasteiger partial charge in [-0.3, -0.25) is 9.69 Å². The Morgan fingerprint density at radius 1 is 1.08 bits per heavy atom. The molecule has 1 fully saturated rings. The second-order valence-corrected chi connectivity index (χ2v) is 6.08. The van der Waals surface area contributed by atoms with E-state index in [9.17, 15) is 4.79 Å². The van der Waals surface area contributed by atoms with Crippen molar-refractivity contribution in [2.45, 2.75) is 12.5 Å². The standard InChI is InChI=1S/C19H25N3O2/c23-19(20-8-11-21-12-14-24-15-13-21)18(22-9-4-5-10-22)16-17-6-2-1-3-7-17/h1-7,9-10,18H,8,11-16H2,(H,20,23). The van der Waals surface area contributed by atoms with Crippen molar-refractivity contribution in [3.05, 3.63) is 60.4 Å². The Morgan fingerprint density at radius 2 is 1.79 bits per heavy atom. The first kappa shape index (κ1) is 16.7. The van der Waals surface area contributed by atoms with Crippen molar-refractivity contribution in [3.8, 4) is 0 Å². The number of nitrogens with zero attached hydrogens (tertiary/aromatic N) is 2.